The van der Waals surface area contributed by atoms with Crippen molar-refractivity contribution in [3.05, 3.63) is 39.2 Å². The van der Waals surface area contributed by atoms with E-state index in [4.69, 9.17) is 4.98 Å². The van der Waals surface area contributed by atoms with Crippen LogP contribution in [0.4, 0.5) is 5.13 Å². The molecule has 138 valence electrons. The van der Waals surface area contributed by atoms with E-state index < -0.39 is 0 Å². The third-order valence-electron chi connectivity index (χ3n) is 4.20. The van der Waals surface area contributed by atoms with Crippen molar-refractivity contribution < 1.29 is 4.79 Å². The van der Waals surface area contributed by atoms with Crippen molar-refractivity contribution >= 4 is 44.7 Å². The molecule has 0 spiro atoms. The molecule has 27 heavy (non-hydrogen) atoms. The van der Waals surface area contributed by atoms with Crippen LogP contribution >= 0.6 is 22.7 Å². The van der Waals surface area contributed by atoms with Gasteiger partial charge in [-0.15, -0.1) is 21.5 Å². The lowest BCUT2D eigenvalue weighted by molar-refractivity contribution is 0.102. The lowest BCUT2D eigenvalue weighted by Gasteiger charge is -2.10. The average molecular weight is 399 g/mol. The second kappa shape index (κ2) is 6.82. The number of carbonyl (C=O) groups excluding carboxylic acids is 1. The van der Waals surface area contributed by atoms with Gasteiger partial charge in [-0.25, -0.2) is 9.67 Å². The number of nitrogens with one attached hydrogen (secondary N) is 1. The Bertz CT molecular complexity index is 1130. The van der Waals surface area contributed by atoms with E-state index in [2.05, 4.69) is 40.5 Å². The Balaban J connectivity index is 1.90. The number of anilines is 1. The number of aryl methyl sites for hydroxylation is 2. The summed E-state index contributed by atoms with van der Waals surface area (Å²) in [6.07, 6.45) is 1.70. The summed E-state index contributed by atoms with van der Waals surface area (Å²) < 4.78 is 1.84. The first-order valence-corrected chi connectivity index (χ1v) is 10.2. The van der Waals surface area contributed by atoms with E-state index in [9.17, 15) is 4.79 Å². The minimum Gasteiger partial charge on any atom is -0.296 e. The number of rotatable bonds is 4. The van der Waals surface area contributed by atoms with E-state index in [0.717, 1.165) is 16.6 Å². The molecule has 9 heteroatoms. The van der Waals surface area contributed by atoms with Gasteiger partial charge in [0.2, 0.25) is 5.13 Å². The van der Waals surface area contributed by atoms with Gasteiger partial charge < -0.3 is 0 Å². The molecule has 0 fully saturated rings. The Morgan fingerprint density at radius 2 is 2.07 bits per heavy atom. The molecule has 4 aromatic rings. The SMILES string of the molecule is Cc1cc(-c2cc(C(=O)Nc3nncs3)c3cnn(C(C)C)c3n2)c(C)s1. The predicted molar refractivity (Wildman–Crippen MR) is 109 cm³/mol. The third-order valence-corrected chi connectivity index (χ3v) is 5.77. The Hall–Kier alpha value is -2.65. The van der Waals surface area contributed by atoms with Crippen LogP contribution in [-0.2, 0) is 0 Å². The van der Waals surface area contributed by atoms with Gasteiger partial charge in [0, 0.05) is 21.4 Å². The highest BCUT2D eigenvalue weighted by Gasteiger charge is 2.20. The van der Waals surface area contributed by atoms with E-state index in [1.807, 2.05) is 24.6 Å². The summed E-state index contributed by atoms with van der Waals surface area (Å²) in [5.41, 5.74) is 4.63. The van der Waals surface area contributed by atoms with Gasteiger partial charge in [-0.05, 0) is 39.8 Å². The first kappa shape index (κ1) is 17.7. The smallest absolute Gasteiger partial charge is 0.258 e. The zero-order valence-electron chi connectivity index (χ0n) is 15.3. The van der Waals surface area contributed by atoms with Crippen molar-refractivity contribution in [2.24, 2.45) is 0 Å². The number of nitrogens with zero attached hydrogens (tertiary/aromatic N) is 5. The highest BCUT2D eigenvalue weighted by atomic mass is 32.1. The lowest BCUT2D eigenvalue weighted by Crippen LogP contribution is -2.13. The Morgan fingerprint density at radius 1 is 1.26 bits per heavy atom. The second-order valence-corrected chi connectivity index (χ2v) is 8.79. The number of hydrogen-bond acceptors (Lipinski definition) is 7. The van der Waals surface area contributed by atoms with Gasteiger partial charge in [-0.3, -0.25) is 10.1 Å². The number of thiophene rings is 1. The fraction of sp³-hybridized carbons (Fsp3) is 0.278. The van der Waals surface area contributed by atoms with Crippen LogP contribution in [0.3, 0.4) is 0 Å². The van der Waals surface area contributed by atoms with Crippen LogP contribution in [0, 0.1) is 13.8 Å². The number of amides is 1. The number of aromatic nitrogens is 5. The van der Waals surface area contributed by atoms with E-state index in [1.165, 1.54) is 21.1 Å². The van der Waals surface area contributed by atoms with Crippen molar-refractivity contribution in [1.82, 2.24) is 25.0 Å². The van der Waals surface area contributed by atoms with Crippen molar-refractivity contribution in [2.75, 3.05) is 5.32 Å². The highest BCUT2D eigenvalue weighted by molar-refractivity contribution is 7.13. The molecule has 0 radical (unpaired) electrons. The summed E-state index contributed by atoms with van der Waals surface area (Å²) in [5, 5.41) is 16.1. The molecule has 0 saturated heterocycles. The molecule has 0 atom stereocenters. The molecule has 4 heterocycles. The maximum absolute atomic E-state index is 12.9. The first-order valence-electron chi connectivity index (χ1n) is 8.47. The molecule has 1 N–H and O–H groups in total. The number of carbonyl (C=O) groups is 1. The Labute approximate surface area is 164 Å². The van der Waals surface area contributed by atoms with Crippen LogP contribution in [0.2, 0.25) is 0 Å². The molecule has 0 saturated carbocycles. The topological polar surface area (TPSA) is 85.6 Å². The van der Waals surface area contributed by atoms with E-state index in [1.54, 1.807) is 23.0 Å². The molecule has 0 aliphatic rings. The summed E-state index contributed by atoms with van der Waals surface area (Å²) in [4.78, 5) is 20.2. The maximum atomic E-state index is 12.9. The molecule has 4 aromatic heterocycles. The second-order valence-electron chi connectivity index (χ2n) is 6.50. The maximum Gasteiger partial charge on any atom is 0.258 e. The fourth-order valence-corrected chi connectivity index (χ4v) is 4.37. The highest BCUT2D eigenvalue weighted by Crippen LogP contribution is 2.32. The molecule has 0 aliphatic heterocycles. The van der Waals surface area contributed by atoms with Gasteiger partial charge in [0.05, 0.1) is 22.8 Å². The zero-order valence-corrected chi connectivity index (χ0v) is 17.0. The van der Waals surface area contributed by atoms with Crippen molar-refractivity contribution in [1.29, 1.82) is 0 Å². The van der Waals surface area contributed by atoms with Crippen LogP contribution in [0.5, 0.6) is 0 Å². The van der Waals surface area contributed by atoms with Crippen molar-refractivity contribution in [3.63, 3.8) is 0 Å². The van der Waals surface area contributed by atoms with Crippen LogP contribution in [-0.4, -0.2) is 30.9 Å². The zero-order chi connectivity index (χ0) is 19.1. The summed E-state index contributed by atoms with van der Waals surface area (Å²) in [5.74, 6) is -0.242. The standard InChI is InChI=1S/C18H18N6OS2/c1-9(2)24-16-14(7-20-24)13(17(25)22-18-23-19-8-26-18)6-15(21-16)12-5-10(3)27-11(12)4/h5-9H,1-4H3,(H,22,23,25). The van der Waals surface area contributed by atoms with Crippen LogP contribution in [0.1, 0.15) is 40.0 Å². The average Bonchev–Trinajstić information content (AvgIpc) is 3.33. The number of hydrogen-bond donors (Lipinski definition) is 1. The minimum absolute atomic E-state index is 0.134. The van der Waals surface area contributed by atoms with Crippen molar-refractivity contribution in [3.8, 4) is 11.3 Å². The normalized spacial score (nSPS) is 11.4. The molecular weight excluding hydrogens is 380 g/mol. The number of pyridine rings is 1. The quantitative estimate of drug-likeness (QED) is 0.548. The van der Waals surface area contributed by atoms with Gasteiger partial charge in [-0.1, -0.05) is 11.3 Å². The lowest BCUT2D eigenvalue weighted by atomic mass is 10.1. The molecular formula is C18H18N6OS2. The van der Waals surface area contributed by atoms with E-state index >= 15 is 0 Å². The van der Waals surface area contributed by atoms with Gasteiger partial charge in [-0.2, -0.15) is 5.10 Å². The summed E-state index contributed by atoms with van der Waals surface area (Å²) >= 11 is 3.00. The Kier molecular flexibility index (Phi) is 4.48. The van der Waals surface area contributed by atoms with E-state index in [-0.39, 0.29) is 11.9 Å². The molecule has 0 bridgehead atoms. The largest absolute Gasteiger partial charge is 0.296 e. The first-order chi connectivity index (χ1) is 12.9. The van der Waals surface area contributed by atoms with Gasteiger partial charge in [0.25, 0.3) is 5.91 Å². The Morgan fingerprint density at radius 3 is 2.70 bits per heavy atom. The molecule has 4 rings (SSSR count). The van der Waals surface area contributed by atoms with Crippen molar-refractivity contribution in [2.45, 2.75) is 33.7 Å². The molecule has 0 unspecified atom stereocenters. The van der Waals surface area contributed by atoms with Gasteiger partial charge >= 0.3 is 0 Å². The summed E-state index contributed by atoms with van der Waals surface area (Å²) in [6, 6.07) is 4.07. The van der Waals surface area contributed by atoms with E-state index in [0.29, 0.717) is 16.3 Å². The summed E-state index contributed by atoms with van der Waals surface area (Å²) in [6.45, 7) is 8.23. The fourth-order valence-electron chi connectivity index (χ4n) is 3.00. The predicted octanol–water partition coefficient (Wildman–Crippen LogP) is 4.46. The van der Waals surface area contributed by atoms with Crippen LogP contribution in [0.15, 0.2) is 23.8 Å². The minimum atomic E-state index is -0.242. The molecule has 0 aromatic carbocycles. The van der Waals surface area contributed by atoms with Crippen LogP contribution < -0.4 is 5.32 Å². The molecule has 7 nitrogen and oxygen atoms in total. The molecule has 0 aliphatic carbocycles. The number of fused-ring (bicyclic) bond motifs is 1. The molecule has 1 amide bonds. The monoisotopic (exact) mass is 398 g/mol. The van der Waals surface area contributed by atoms with Gasteiger partial charge in [0.1, 0.15) is 5.51 Å². The van der Waals surface area contributed by atoms with Crippen LogP contribution in [0.25, 0.3) is 22.3 Å². The third kappa shape index (κ3) is 3.24. The van der Waals surface area contributed by atoms with Gasteiger partial charge in [0.15, 0.2) is 5.65 Å². The summed E-state index contributed by atoms with van der Waals surface area (Å²) in [7, 11) is 0.